The van der Waals surface area contributed by atoms with E-state index in [-0.39, 0.29) is 11.5 Å². The van der Waals surface area contributed by atoms with Crippen molar-refractivity contribution in [2.75, 3.05) is 0 Å². The van der Waals surface area contributed by atoms with Crippen molar-refractivity contribution in [1.82, 2.24) is 15.1 Å². The number of furan rings is 1. The zero-order chi connectivity index (χ0) is 22.3. The first-order chi connectivity index (χ1) is 15.6. The van der Waals surface area contributed by atoms with E-state index in [1.165, 1.54) is 12.3 Å². The Morgan fingerprint density at radius 2 is 1.78 bits per heavy atom. The van der Waals surface area contributed by atoms with Crippen LogP contribution in [0.25, 0.3) is 11.5 Å². The third-order valence-electron chi connectivity index (χ3n) is 4.98. The Hall–Kier alpha value is -4.13. The van der Waals surface area contributed by atoms with Gasteiger partial charge >= 0.3 is 0 Å². The molecule has 32 heavy (non-hydrogen) atoms. The van der Waals surface area contributed by atoms with Gasteiger partial charge in [0.15, 0.2) is 5.76 Å². The third kappa shape index (κ3) is 5.13. The first-order valence-corrected chi connectivity index (χ1v) is 10.3. The summed E-state index contributed by atoms with van der Waals surface area (Å²) >= 11 is 0. The van der Waals surface area contributed by atoms with E-state index in [1.807, 2.05) is 54.6 Å². The van der Waals surface area contributed by atoms with Gasteiger partial charge in [0.05, 0.1) is 6.26 Å². The van der Waals surface area contributed by atoms with Crippen LogP contribution in [0.4, 0.5) is 0 Å². The lowest BCUT2D eigenvalue weighted by Gasteiger charge is -2.15. The summed E-state index contributed by atoms with van der Waals surface area (Å²) in [5.41, 5.74) is 2.14. The standard InChI is InChI=1S/C25H23N3O4/c1-18(28-24(29)14-13-22(27-28)23-8-5-15-31-23)25(30)26-16-19-9-11-21(12-10-19)32-17-20-6-3-2-4-7-20/h2-15,18H,16-17H2,1H3,(H,26,30). The van der Waals surface area contributed by atoms with Crippen LogP contribution in [-0.4, -0.2) is 15.7 Å². The van der Waals surface area contributed by atoms with Crippen LogP contribution < -0.4 is 15.6 Å². The highest BCUT2D eigenvalue weighted by molar-refractivity contribution is 5.79. The van der Waals surface area contributed by atoms with Gasteiger partial charge in [0.25, 0.3) is 5.56 Å². The van der Waals surface area contributed by atoms with Crippen LogP contribution in [0.2, 0.25) is 0 Å². The van der Waals surface area contributed by atoms with Gasteiger partial charge in [-0.3, -0.25) is 9.59 Å². The predicted octanol–water partition coefficient (Wildman–Crippen LogP) is 3.96. The summed E-state index contributed by atoms with van der Waals surface area (Å²) in [5, 5.41) is 7.13. The lowest BCUT2D eigenvalue weighted by molar-refractivity contribution is -0.124. The quantitative estimate of drug-likeness (QED) is 0.458. The predicted molar refractivity (Wildman–Crippen MR) is 120 cm³/mol. The molecule has 2 aromatic heterocycles. The van der Waals surface area contributed by atoms with E-state index in [2.05, 4.69) is 10.4 Å². The van der Waals surface area contributed by atoms with Crippen LogP contribution in [0.1, 0.15) is 24.1 Å². The fraction of sp³-hybridized carbons (Fsp3) is 0.160. The fourth-order valence-corrected chi connectivity index (χ4v) is 3.15. The van der Waals surface area contributed by atoms with Gasteiger partial charge in [-0.05, 0) is 48.4 Å². The number of hydrogen-bond acceptors (Lipinski definition) is 5. The molecule has 7 nitrogen and oxygen atoms in total. The van der Waals surface area contributed by atoms with Crippen molar-refractivity contribution in [2.45, 2.75) is 26.1 Å². The minimum atomic E-state index is -0.772. The minimum Gasteiger partial charge on any atom is -0.489 e. The van der Waals surface area contributed by atoms with Gasteiger partial charge in [-0.15, -0.1) is 0 Å². The van der Waals surface area contributed by atoms with Gasteiger partial charge in [0.2, 0.25) is 5.91 Å². The number of carbonyl (C=O) groups excluding carboxylic acids is 1. The zero-order valence-electron chi connectivity index (χ0n) is 17.6. The molecule has 0 aliphatic rings. The molecule has 7 heteroatoms. The number of aromatic nitrogens is 2. The molecular formula is C25H23N3O4. The SMILES string of the molecule is CC(C(=O)NCc1ccc(OCc2ccccc2)cc1)n1nc(-c2ccco2)ccc1=O. The Balaban J connectivity index is 1.34. The molecule has 0 aliphatic heterocycles. The number of nitrogens with zero attached hydrogens (tertiary/aromatic N) is 2. The number of hydrogen-bond donors (Lipinski definition) is 1. The largest absolute Gasteiger partial charge is 0.489 e. The van der Waals surface area contributed by atoms with E-state index in [4.69, 9.17) is 9.15 Å². The highest BCUT2D eigenvalue weighted by Gasteiger charge is 2.18. The van der Waals surface area contributed by atoms with Crippen LogP contribution in [0.5, 0.6) is 5.75 Å². The van der Waals surface area contributed by atoms with E-state index in [0.29, 0.717) is 24.6 Å². The monoisotopic (exact) mass is 429 g/mol. The van der Waals surface area contributed by atoms with Gasteiger partial charge in [0.1, 0.15) is 24.1 Å². The second-order valence-electron chi connectivity index (χ2n) is 7.29. The maximum Gasteiger partial charge on any atom is 0.267 e. The first kappa shape index (κ1) is 21.1. The topological polar surface area (TPSA) is 86.4 Å². The molecule has 4 aromatic rings. The smallest absolute Gasteiger partial charge is 0.267 e. The molecule has 2 aromatic carbocycles. The number of rotatable bonds is 8. The Kier molecular flexibility index (Phi) is 6.46. The van der Waals surface area contributed by atoms with Crippen LogP contribution >= 0.6 is 0 Å². The number of carbonyl (C=O) groups is 1. The molecular weight excluding hydrogens is 406 g/mol. The molecule has 1 unspecified atom stereocenters. The van der Waals surface area contributed by atoms with E-state index in [1.54, 1.807) is 25.1 Å². The maximum absolute atomic E-state index is 12.6. The molecule has 1 N–H and O–H groups in total. The number of ether oxygens (including phenoxy) is 1. The lowest BCUT2D eigenvalue weighted by Crippen LogP contribution is -2.36. The third-order valence-corrected chi connectivity index (χ3v) is 4.98. The van der Waals surface area contributed by atoms with Crippen molar-refractivity contribution in [3.05, 3.63) is 107 Å². The summed E-state index contributed by atoms with van der Waals surface area (Å²) in [6.07, 6.45) is 1.53. The van der Waals surface area contributed by atoms with Crippen molar-refractivity contribution in [3.8, 4) is 17.2 Å². The van der Waals surface area contributed by atoms with Crippen molar-refractivity contribution in [3.63, 3.8) is 0 Å². The summed E-state index contributed by atoms with van der Waals surface area (Å²) in [6.45, 7) is 2.46. The summed E-state index contributed by atoms with van der Waals surface area (Å²) in [5.74, 6) is 0.976. The van der Waals surface area contributed by atoms with Gasteiger partial charge < -0.3 is 14.5 Å². The molecule has 162 valence electrons. The molecule has 0 radical (unpaired) electrons. The van der Waals surface area contributed by atoms with Gasteiger partial charge in [0, 0.05) is 12.6 Å². The van der Waals surface area contributed by atoms with Crippen LogP contribution in [0, 0.1) is 0 Å². The van der Waals surface area contributed by atoms with Crippen LogP contribution in [0.3, 0.4) is 0 Å². The molecule has 0 fully saturated rings. The molecule has 1 amide bonds. The van der Waals surface area contributed by atoms with E-state index in [9.17, 15) is 9.59 Å². The Morgan fingerprint density at radius 1 is 1.00 bits per heavy atom. The summed E-state index contributed by atoms with van der Waals surface area (Å²) in [6, 6.07) is 23.1. The van der Waals surface area contributed by atoms with Crippen molar-refractivity contribution in [1.29, 1.82) is 0 Å². The van der Waals surface area contributed by atoms with E-state index >= 15 is 0 Å². The lowest BCUT2D eigenvalue weighted by atomic mass is 10.2. The Labute approximate surface area is 185 Å². The second kappa shape index (κ2) is 9.78. The number of amides is 1. The van der Waals surface area contributed by atoms with Gasteiger partial charge in [-0.2, -0.15) is 5.10 Å². The average Bonchev–Trinajstić information content (AvgIpc) is 3.37. The first-order valence-electron chi connectivity index (χ1n) is 10.3. The normalized spacial score (nSPS) is 11.7. The highest BCUT2D eigenvalue weighted by Crippen LogP contribution is 2.17. The molecule has 0 spiro atoms. The Bertz CT molecular complexity index is 1220. The summed E-state index contributed by atoms with van der Waals surface area (Å²) in [7, 11) is 0. The molecule has 0 bridgehead atoms. The molecule has 2 heterocycles. The average molecular weight is 429 g/mol. The zero-order valence-corrected chi connectivity index (χ0v) is 17.6. The molecule has 4 rings (SSSR count). The molecule has 1 atom stereocenters. The van der Waals surface area contributed by atoms with E-state index in [0.717, 1.165) is 21.6 Å². The second-order valence-corrected chi connectivity index (χ2v) is 7.29. The molecule has 0 aliphatic carbocycles. The molecule has 0 saturated heterocycles. The number of nitrogens with one attached hydrogen (secondary N) is 1. The van der Waals surface area contributed by atoms with Crippen LogP contribution in [-0.2, 0) is 17.9 Å². The van der Waals surface area contributed by atoms with Crippen molar-refractivity contribution >= 4 is 5.91 Å². The maximum atomic E-state index is 12.6. The van der Waals surface area contributed by atoms with E-state index < -0.39 is 6.04 Å². The number of benzene rings is 2. The van der Waals surface area contributed by atoms with Crippen molar-refractivity contribution < 1.29 is 13.9 Å². The minimum absolute atomic E-state index is 0.305. The fourth-order valence-electron chi connectivity index (χ4n) is 3.15. The molecule has 0 saturated carbocycles. The van der Waals surface area contributed by atoms with Gasteiger partial charge in [-0.1, -0.05) is 42.5 Å². The summed E-state index contributed by atoms with van der Waals surface area (Å²) < 4.78 is 12.3. The van der Waals surface area contributed by atoms with Crippen LogP contribution in [0.15, 0.2) is 94.3 Å². The highest BCUT2D eigenvalue weighted by atomic mass is 16.5. The van der Waals surface area contributed by atoms with Gasteiger partial charge in [-0.25, -0.2) is 4.68 Å². The Morgan fingerprint density at radius 3 is 2.50 bits per heavy atom. The van der Waals surface area contributed by atoms with Crippen molar-refractivity contribution in [2.24, 2.45) is 0 Å². The summed E-state index contributed by atoms with van der Waals surface area (Å²) in [4.78, 5) is 24.9.